The SMILES string of the molecule is CCCC[N+](CCCC)(CCCC)CCCC.CS(=O)(=O)[N-]S(=O)(=O)C(F)(F)C(F)(F)C(F)(F)S(=O)(=O)N1CCN(C2CCOC2=O)CC1.O=C([O-])c1ccccc1.c1ccc(-c2nc(-c3ccccc3)c(-c3ccccc3)[nH]2)cc1.c1ccc([S+](c2ccccc2)c2ccccc2)cc1. The molecule has 2 aliphatic rings. The fourth-order valence-corrected chi connectivity index (χ4v) is 16.8. The summed E-state index contributed by atoms with van der Waals surface area (Å²) in [6.07, 6.45) is 11.2. The van der Waals surface area contributed by atoms with Crippen molar-refractivity contribution in [3.63, 3.8) is 0 Å². The van der Waals surface area contributed by atoms with Crippen LogP contribution in [0.4, 0.5) is 26.3 Å². The Kier molecular flexibility index (Phi) is 31.2. The van der Waals surface area contributed by atoms with Gasteiger partial charge in [-0.15, -0.1) is 0 Å². The van der Waals surface area contributed by atoms with Crippen molar-refractivity contribution in [3.8, 4) is 33.9 Å². The van der Waals surface area contributed by atoms with Gasteiger partial charge in [-0.25, -0.2) is 30.2 Å². The Labute approximate surface area is 587 Å². The summed E-state index contributed by atoms with van der Waals surface area (Å²) in [5.41, 5.74) is 5.60. The minimum atomic E-state index is -7.14. The number of imidazole rings is 1. The van der Waals surface area contributed by atoms with Crippen molar-refractivity contribution >= 4 is 52.9 Å². The summed E-state index contributed by atoms with van der Waals surface area (Å²) in [5, 5.41) is -3.50. The summed E-state index contributed by atoms with van der Waals surface area (Å²) < 4.78 is 160. The Morgan fingerprint density at radius 1 is 0.560 bits per heavy atom. The molecule has 2 fully saturated rings. The number of ether oxygens (including phenoxy) is 1. The molecular weight excluding hydrogens is 1380 g/mol. The smallest absolute Gasteiger partial charge is 0.428 e. The Hall–Kier alpha value is -7.69. The first-order valence-corrected chi connectivity index (χ1v) is 39.1. The minimum Gasteiger partial charge on any atom is -0.545 e. The third-order valence-corrected chi connectivity index (χ3v) is 23.3. The average molecular weight is 1460 g/mol. The number of cyclic esters (lactones) is 1. The first-order valence-electron chi connectivity index (χ1n) is 33.1. The fourth-order valence-electron chi connectivity index (χ4n) is 11.0. The molecule has 3 heterocycles. The average Bonchev–Trinajstić information content (AvgIpc) is 0.745. The van der Waals surface area contributed by atoms with Crippen LogP contribution >= 0.6 is 0 Å². The van der Waals surface area contributed by atoms with Crippen molar-refractivity contribution in [2.24, 2.45) is 0 Å². The molecule has 1 N–H and O–H groups in total. The van der Waals surface area contributed by atoms with Crippen LogP contribution in [0.1, 0.15) is 95.8 Å². The van der Waals surface area contributed by atoms with Crippen LogP contribution in [0.15, 0.2) is 227 Å². The number of halogens is 6. The van der Waals surface area contributed by atoms with E-state index in [1.807, 2.05) is 54.6 Å². The number of aromatic carboxylic acids is 1. The number of hydrogen-bond acceptors (Lipinski definition) is 12. The van der Waals surface area contributed by atoms with Crippen LogP contribution in [0.25, 0.3) is 38.0 Å². The number of benzene rings is 7. The molecule has 2 aliphatic heterocycles. The second-order valence-corrected chi connectivity index (χ2v) is 31.3. The highest BCUT2D eigenvalue weighted by Crippen LogP contribution is 2.53. The summed E-state index contributed by atoms with van der Waals surface area (Å²) in [6.45, 7) is 12.4. The van der Waals surface area contributed by atoms with Gasteiger partial charge in [0.1, 0.15) is 11.9 Å². The van der Waals surface area contributed by atoms with Crippen molar-refractivity contribution in [1.29, 1.82) is 0 Å². The van der Waals surface area contributed by atoms with E-state index in [9.17, 15) is 66.3 Å². The van der Waals surface area contributed by atoms with Gasteiger partial charge in [0.05, 0.1) is 71.1 Å². The predicted octanol–water partition coefficient (Wildman–Crippen LogP) is 15.0. The van der Waals surface area contributed by atoms with E-state index in [1.54, 1.807) is 18.2 Å². The number of esters is 1. The van der Waals surface area contributed by atoms with Crippen LogP contribution in [-0.4, -0.2) is 149 Å². The number of H-pyrrole nitrogens is 1. The molecule has 1 unspecified atom stereocenters. The van der Waals surface area contributed by atoms with E-state index in [-0.39, 0.29) is 40.0 Å². The van der Waals surface area contributed by atoms with E-state index in [2.05, 4.69) is 160 Å². The first-order chi connectivity index (χ1) is 47.6. The molecule has 0 radical (unpaired) electrons. The Morgan fingerprint density at radius 3 is 1.28 bits per heavy atom. The van der Waals surface area contributed by atoms with Crippen LogP contribution in [-0.2, 0) is 50.5 Å². The number of carbonyl (C=O) groups is 2. The minimum absolute atomic E-state index is 0.0146. The first kappa shape index (κ1) is 81.3. The number of unbranched alkanes of at least 4 members (excludes halogenated alkanes) is 4. The number of sulfonamides is 3. The van der Waals surface area contributed by atoms with Crippen molar-refractivity contribution in [1.82, 2.24) is 19.2 Å². The molecule has 7 aromatic carbocycles. The quantitative estimate of drug-likeness (QED) is 0.0220. The zero-order valence-corrected chi connectivity index (χ0v) is 60.0. The normalized spacial score (nSPS) is 14.8. The Balaban J connectivity index is 0.000000206. The van der Waals surface area contributed by atoms with E-state index >= 15 is 0 Å². The summed E-state index contributed by atoms with van der Waals surface area (Å²) >= 11 is 0. The van der Waals surface area contributed by atoms with Crippen LogP contribution in [0, 0.1) is 0 Å². The molecule has 100 heavy (non-hydrogen) atoms. The second kappa shape index (κ2) is 38.4. The molecule has 26 heteroatoms. The molecular formula is C74H88F6N6O10S4. The number of carboxylic acids is 1. The van der Waals surface area contributed by atoms with Crippen LogP contribution in [0.5, 0.6) is 0 Å². The van der Waals surface area contributed by atoms with Crippen LogP contribution in [0.3, 0.4) is 0 Å². The number of carboxylic acid groups (broad SMARTS) is 1. The van der Waals surface area contributed by atoms with Crippen molar-refractivity contribution < 1.29 is 75.5 Å². The van der Waals surface area contributed by atoms with Gasteiger partial charge in [0, 0.05) is 55.5 Å². The summed E-state index contributed by atoms with van der Waals surface area (Å²) in [7, 11) is -19.0. The molecule has 0 bridgehead atoms. The monoisotopic (exact) mass is 1460 g/mol. The van der Waals surface area contributed by atoms with E-state index in [1.165, 1.54) is 118 Å². The number of rotatable bonds is 27. The topological polar surface area (TPSA) is 218 Å². The number of nitrogens with zero attached hydrogens (tertiary/aromatic N) is 5. The lowest BCUT2D eigenvalue weighted by molar-refractivity contribution is -0.929. The maximum atomic E-state index is 14.3. The molecule has 8 aromatic rings. The maximum absolute atomic E-state index is 14.3. The largest absolute Gasteiger partial charge is 0.545 e. The molecule has 0 spiro atoms. The number of aromatic amines is 1. The van der Waals surface area contributed by atoms with E-state index < -0.39 is 90.7 Å². The number of quaternary nitrogens is 1. The number of carbonyl (C=O) groups excluding carboxylic acids is 2. The van der Waals surface area contributed by atoms with Gasteiger partial charge in [-0.1, -0.05) is 229 Å². The lowest BCUT2D eigenvalue weighted by atomic mass is 10.1. The zero-order chi connectivity index (χ0) is 73.0. The highest BCUT2D eigenvalue weighted by molar-refractivity contribution is 8.12. The lowest BCUT2D eigenvalue weighted by Gasteiger charge is -2.40. The molecule has 1 atom stereocenters. The standard InChI is InChI=1S/C21H16N2.C18H15S.C16H36N.C12H16F6N3O8S3.C7H6O2/c1-4-10-16(11-5-1)19-20(17-12-6-2-7-13-17)23-21(22-19)18-14-8-3-9-15-18;1-4-10-16(11-5-1)19(17-12-6-2-7-13-17)18-14-8-3-9-15-18;1-5-9-13-17(14-10-6-2,15-11-7-3)16-12-8-4;1-30(23,24)19-31(25,26)11(15,16)10(13,14)12(17,18)32(27,28)21-5-3-20(4-6-21)8-2-7-29-9(8)22;8-7(9)6-4-2-1-3-5-6/h1-15H,(H,22,23);1-15H;5-16H2,1-4H3;8H,2-7H2,1H3;1-5H,(H,8,9)/q;2*+1;-1;/p-1. The molecule has 16 nitrogen and oxygen atoms in total. The molecule has 1 aromatic heterocycles. The lowest BCUT2D eigenvalue weighted by Crippen LogP contribution is -2.64. The van der Waals surface area contributed by atoms with Gasteiger partial charge in [0.25, 0.3) is 10.0 Å². The molecule has 10 rings (SSSR count). The third-order valence-electron chi connectivity index (χ3n) is 16.3. The number of alkyl halides is 6. The van der Waals surface area contributed by atoms with Gasteiger partial charge in [-0.3, -0.25) is 9.69 Å². The van der Waals surface area contributed by atoms with Gasteiger partial charge in [0.2, 0.25) is 0 Å². The van der Waals surface area contributed by atoms with Crippen molar-refractivity contribution in [2.75, 3.05) is 65.2 Å². The second-order valence-electron chi connectivity index (χ2n) is 23.8. The fraction of sp³-hybridized carbons (Fsp3) is 0.365. The highest BCUT2D eigenvalue weighted by Gasteiger charge is 2.81. The molecule has 540 valence electrons. The highest BCUT2D eigenvalue weighted by atomic mass is 32.3. The van der Waals surface area contributed by atoms with Crippen LogP contribution in [0.2, 0.25) is 0 Å². The predicted molar refractivity (Wildman–Crippen MR) is 380 cm³/mol. The van der Waals surface area contributed by atoms with Gasteiger partial charge in [0.15, 0.2) is 24.7 Å². The third kappa shape index (κ3) is 22.2. The number of hydrogen-bond donors (Lipinski definition) is 1. The summed E-state index contributed by atoms with van der Waals surface area (Å²) in [5.74, 6) is -8.02. The number of nitrogens with one attached hydrogen (secondary N) is 1. The summed E-state index contributed by atoms with van der Waals surface area (Å²) in [6, 6.07) is 70.2. The van der Waals surface area contributed by atoms with Crippen LogP contribution < -0.4 is 5.11 Å². The van der Waals surface area contributed by atoms with E-state index in [0.29, 0.717) is 0 Å². The van der Waals surface area contributed by atoms with Crippen molar-refractivity contribution in [2.45, 2.75) is 123 Å². The van der Waals surface area contributed by atoms with Gasteiger partial charge in [-0.05, 0) is 67.6 Å². The van der Waals surface area contributed by atoms with Crippen molar-refractivity contribution in [3.05, 3.63) is 222 Å². The number of piperazine rings is 1. The molecule has 0 saturated carbocycles. The van der Waals surface area contributed by atoms with Gasteiger partial charge in [-0.2, -0.15) is 30.6 Å². The van der Waals surface area contributed by atoms with E-state index in [0.717, 1.165) is 33.9 Å². The zero-order valence-electron chi connectivity index (χ0n) is 56.7. The Bertz CT molecular complexity index is 3910. The summed E-state index contributed by atoms with van der Waals surface area (Å²) in [4.78, 5) is 35.4. The Morgan fingerprint density at radius 2 is 0.930 bits per heavy atom. The molecule has 2 saturated heterocycles. The molecule has 0 aliphatic carbocycles. The van der Waals surface area contributed by atoms with Gasteiger partial charge >= 0.3 is 22.4 Å². The van der Waals surface area contributed by atoms with E-state index in [4.69, 9.17) is 9.72 Å². The molecule has 0 amide bonds. The number of aromatic nitrogens is 2. The van der Waals surface area contributed by atoms with Gasteiger partial charge < -0.3 is 28.2 Å². The maximum Gasteiger partial charge on any atom is 0.428 e.